The van der Waals surface area contributed by atoms with Gasteiger partial charge in [-0.05, 0) is 36.9 Å². The third-order valence-electron chi connectivity index (χ3n) is 5.01. The zero-order valence-electron chi connectivity index (χ0n) is 12.8. The highest BCUT2D eigenvalue weighted by atomic mass is 32.2. The van der Waals surface area contributed by atoms with Crippen LogP contribution in [-0.2, 0) is 4.79 Å². The van der Waals surface area contributed by atoms with Gasteiger partial charge < -0.3 is 10.6 Å². The SMILES string of the molecule is CC(C)C1(C(=O)NC2CCSc3ccccc32)CCNC1. The first-order valence-corrected chi connectivity index (χ1v) is 8.85. The summed E-state index contributed by atoms with van der Waals surface area (Å²) in [4.78, 5) is 14.2. The fourth-order valence-corrected chi connectivity index (χ4v) is 4.58. The zero-order chi connectivity index (χ0) is 14.9. The lowest BCUT2D eigenvalue weighted by Gasteiger charge is -2.34. The monoisotopic (exact) mass is 304 g/mol. The van der Waals surface area contributed by atoms with Gasteiger partial charge in [-0.2, -0.15) is 0 Å². The van der Waals surface area contributed by atoms with E-state index in [0.717, 1.165) is 31.7 Å². The molecular formula is C17H24N2OS. The van der Waals surface area contributed by atoms with Crippen molar-refractivity contribution in [3.05, 3.63) is 29.8 Å². The number of hydrogen-bond donors (Lipinski definition) is 2. The topological polar surface area (TPSA) is 41.1 Å². The van der Waals surface area contributed by atoms with Gasteiger partial charge in [0, 0.05) is 17.2 Å². The van der Waals surface area contributed by atoms with Crippen LogP contribution in [-0.4, -0.2) is 24.7 Å². The van der Waals surface area contributed by atoms with E-state index in [1.54, 1.807) is 0 Å². The van der Waals surface area contributed by atoms with Gasteiger partial charge in [-0.25, -0.2) is 0 Å². The predicted molar refractivity (Wildman–Crippen MR) is 87.4 cm³/mol. The Kier molecular flexibility index (Phi) is 4.27. The predicted octanol–water partition coefficient (Wildman–Crippen LogP) is 2.98. The molecule has 1 saturated heterocycles. The Bertz CT molecular complexity index is 523. The second-order valence-electron chi connectivity index (χ2n) is 6.44. The molecule has 4 heteroatoms. The molecule has 3 rings (SSSR count). The number of thioether (sulfide) groups is 1. The number of nitrogens with one attached hydrogen (secondary N) is 2. The van der Waals surface area contributed by atoms with Crippen molar-refractivity contribution >= 4 is 17.7 Å². The van der Waals surface area contributed by atoms with Gasteiger partial charge in [-0.1, -0.05) is 32.0 Å². The average Bonchev–Trinajstić information content (AvgIpc) is 2.98. The maximum atomic E-state index is 12.9. The second kappa shape index (κ2) is 6.01. The molecule has 0 aliphatic carbocycles. The number of hydrogen-bond acceptors (Lipinski definition) is 3. The summed E-state index contributed by atoms with van der Waals surface area (Å²) in [5.41, 5.74) is 1.05. The Labute approximate surface area is 131 Å². The molecule has 1 fully saturated rings. The van der Waals surface area contributed by atoms with Crippen LogP contribution in [0.25, 0.3) is 0 Å². The van der Waals surface area contributed by atoms with Gasteiger partial charge in [0.15, 0.2) is 0 Å². The zero-order valence-corrected chi connectivity index (χ0v) is 13.6. The van der Waals surface area contributed by atoms with Crippen LogP contribution in [0, 0.1) is 11.3 Å². The summed E-state index contributed by atoms with van der Waals surface area (Å²) < 4.78 is 0. The number of benzene rings is 1. The van der Waals surface area contributed by atoms with E-state index in [9.17, 15) is 4.79 Å². The fraction of sp³-hybridized carbons (Fsp3) is 0.588. The molecule has 114 valence electrons. The van der Waals surface area contributed by atoms with E-state index in [-0.39, 0.29) is 17.4 Å². The average molecular weight is 304 g/mol. The molecule has 2 heterocycles. The minimum Gasteiger partial charge on any atom is -0.349 e. The lowest BCUT2D eigenvalue weighted by Crippen LogP contribution is -2.47. The molecule has 0 saturated carbocycles. The fourth-order valence-electron chi connectivity index (χ4n) is 3.45. The Balaban J connectivity index is 1.79. The van der Waals surface area contributed by atoms with Crippen LogP contribution in [0.3, 0.4) is 0 Å². The molecule has 3 nitrogen and oxygen atoms in total. The molecular weight excluding hydrogens is 280 g/mol. The number of fused-ring (bicyclic) bond motifs is 1. The Morgan fingerprint density at radius 2 is 2.24 bits per heavy atom. The van der Waals surface area contributed by atoms with Gasteiger partial charge in [-0.15, -0.1) is 11.8 Å². The molecule has 0 aromatic heterocycles. The third-order valence-corrected chi connectivity index (χ3v) is 6.13. The van der Waals surface area contributed by atoms with Crippen molar-refractivity contribution < 1.29 is 4.79 Å². The second-order valence-corrected chi connectivity index (χ2v) is 7.58. The van der Waals surface area contributed by atoms with Crippen LogP contribution >= 0.6 is 11.8 Å². The van der Waals surface area contributed by atoms with Crippen molar-refractivity contribution in [3.8, 4) is 0 Å². The van der Waals surface area contributed by atoms with E-state index in [0.29, 0.717) is 5.92 Å². The summed E-state index contributed by atoms with van der Waals surface area (Å²) in [6.45, 7) is 6.08. The normalized spacial score (nSPS) is 28.4. The van der Waals surface area contributed by atoms with Crippen LogP contribution in [0.4, 0.5) is 0 Å². The molecule has 0 radical (unpaired) electrons. The van der Waals surface area contributed by atoms with Crippen molar-refractivity contribution in [2.45, 2.75) is 37.6 Å². The first-order valence-electron chi connectivity index (χ1n) is 7.87. The van der Waals surface area contributed by atoms with Crippen molar-refractivity contribution in [1.82, 2.24) is 10.6 Å². The highest BCUT2D eigenvalue weighted by molar-refractivity contribution is 7.99. The first-order chi connectivity index (χ1) is 10.1. The summed E-state index contributed by atoms with van der Waals surface area (Å²) in [7, 11) is 0. The Hall–Kier alpha value is -1.00. The quantitative estimate of drug-likeness (QED) is 0.902. The molecule has 0 bridgehead atoms. The van der Waals surface area contributed by atoms with Crippen molar-refractivity contribution in [2.24, 2.45) is 11.3 Å². The van der Waals surface area contributed by atoms with E-state index in [1.165, 1.54) is 10.5 Å². The Morgan fingerprint density at radius 1 is 1.43 bits per heavy atom. The molecule has 2 aliphatic heterocycles. The van der Waals surface area contributed by atoms with E-state index >= 15 is 0 Å². The van der Waals surface area contributed by atoms with Gasteiger partial charge in [-0.3, -0.25) is 4.79 Å². The van der Waals surface area contributed by atoms with E-state index < -0.39 is 0 Å². The van der Waals surface area contributed by atoms with Gasteiger partial charge in [0.05, 0.1) is 11.5 Å². The third kappa shape index (κ3) is 2.71. The summed E-state index contributed by atoms with van der Waals surface area (Å²) in [5.74, 6) is 1.67. The molecule has 1 amide bonds. The minimum absolute atomic E-state index is 0.172. The van der Waals surface area contributed by atoms with Gasteiger partial charge in [0.25, 0.3) is 0 Å². The van der Waals surface area contributed by atoms with Crippen LogP contribution in [0.15, 0.2) is 29.2 Å². The molecule has 2 aliphatic rings. The van der Waals surface area contributed by atoms with Crippen molar-refractivity contribution in [2.75, 3.05) is 18.8 Å². The standard InChI is InChI=1S/C17H24N2OS/c1-12(2)17(8-9-18-11-17)16(20)19-14-7-10-21-15-6-4-3-5-13(14)15/h3-6,12,14,18H,7-11H2,1-2H3,(H,19,20). The smallest absolute Gasteiger partial charge is 0.228 e. The summed E-state index contributed by atoms with van der Waals surface area (Å²) in [6, 6.07) is 8.63. The molecule has 1 aromatic carbocycles. The molecule has 21 heavy (non-hydrogen) atoms. The van der Waals surface area contributed by atoms with Crippen molar-refractivity contribution in [1.29, 1.82) is 0 Å². The van der Waals surface area contributed by atoms with Crippen LogP contribution in [0.1, 0.15) is 38.3 Å². The molecule has 1 aromatic rings. The van der Waals surface area contributed by atoms with E-state index in [4.69, 9.17) is 0 Å². The van der Waals surface area contributed by atoms with Gasteiger partial charge >= 0.3 is 0 Å². The molecule has 2 unspecified atom stereocenters. The highest BCUT2D eigenvalue weighted by Gasteiger charge is 2.44. The summed E-state index contributed by atoms with van der Waals surface area (Å²) in [5, 5.41) is 6.71. The molecule has 0 spiro atoms. The maximum absolute atomic E-state index is 12.9. The lowest BCUT2D eigenvalue weighted by atomic mass is 9.75. The number of carbonyl (C=O) groups is 1. The highest BCUT2D eigenvalue weighted by Crippen LogP contribution is 2.39. The first kappa shape index (κ1) is 14.9. The maximum Gasteiger partial charge on any atom is 0.228 e. The Morgan fingerprint density at radius 3 is 2.95 bits per heavy atom. The lowest BCUT2D eigenvalue weighted by molar-refractivity contribution is -0.133. The van der Waals surface area contributed by atoms with E-state index in [2.05, 4.69) is 48.7 Å². The van der Waals surface area contributed by atoms with Crippen LogP contribution in [0.2, 0.25) is 0 Å². The largest absolute Gasteiger partial charge is 0.349 e. The van der Waals surface area contributed by atoms with Crippen LogP contribution < -0.4 is 10.6 Å². The molecule has 2 atom stereocenters. The van der Waals surface area contributed by atoms with Gasteiger partial charge in [0.1, 0.15) is 0 Å². The number of rotatable bonds is 3. The van der Waals surface area contributed by atoms with Crippen LogP contribution in [0.5, 0.6) is 0 Å². The van der Waals surface area contributed by atoms with Crippen molar-refractivity contribution in [3.63, 3.8) is 0 Å². The van der Waals surface area contributed by atoms with Gasteiger partial charge in [0.2, 0.25) is 5.91 Å². The molecule has 2 N–H and O–H groups in total. The minimum atomic E-state index is -0.237. The van der Waals surface area contributed by atoms with E-state index in [1.807, 2.05) is 11.8 Å². The number of amides is 1. The summed E-state index contributed by atoms with van der Waals surface area (Å²) >= 11 is 1.89. The summed E-state index contributed by atoms with van der Waals surface area (Å²) in [6.07, 6.45) is 1.97. The number of carbonyl (C=O) groups excluding carboxylic acids is 1.